The summed E-state index contributed by atoms with van der Waals surface area (Å²) >= 11 is 6.18. The van der Waals surface area contributed by atoms with E-state index in [-0.39, 0.29) is 12.5 Å². The molecule has 0 amide bonds. The molecule has 1 aliphatic rings. The molecule has 3 aromatic rings. The van der Waals surface area contributed by atoms with Gasteiger partial charge in [0.25, 0.3) is 0 Å². The molecule has 4 nitrogen and oxygen atoms in total. The molecule has 4 rings (SSSR count). The minimum atomic E-state index is -3.56. The lowest BCUT2D eigenvalue weighted by Gasteiger charge is -2.38. The van der Waals surface area contributed by atoms with Crippen molar-refractivity contribution in [3.63, 3.8) is 0 Å². The average molecular weight is 418 g/mol. The highest BCUT2D eigenvalue weighted by molar-refractivity contribution is 7.92. The lowest BCUT2D eigenvalue weighted by Crippen LogP contribution is -2.48. The van der Waals surface area contributed by atoms with E-state index < -0.39 is 14.6 Å². The molecule has 0 fully saturated rings. The van der Waals surface area contributed by atoms with Gasteiger partial charge in [0.15, 0.2) is 9.84 Å². The molecular weight excluding hydrogens is 394 g/mol. The van der Waals surface area contributed by atoms with Gasteiger partial charge in [-0.1, -0.05) is 29.8 Å². The normalized spacial score (nSPS) is 19.3. The van der Waals surface area contributed by atoms with Crippen molar-refractivity contribution < 1.29 is 13.2 Å². The molecule has 0 radical (unpaired) electrons. The molecule has 1 heterocycles. The van der Waals surface area contributed by atoms with Gasteiger partial charge in [0.1, 0.15) is 4.75 Å². The van der Waals surface area contributed by atoms with Crippen LogP contribution in [0.25, 0.3) is 10.9 Å². The molecule has 1 N–H and O–H groups in total. The summed E-state index contributed by atoms with van der Waals surface area (Å²) < 4.78 is 31.5. The van der Waals surface area contributed by atoms with Gasteiger partial charge in [-0.2, -0.15) is 0 Å². The zero-order valence-electron chi connectivity index (χ0n) is 16.0. The number of sulfone groups is 1. The van der Waals surface area contributed by atoms with Crippen molar-refractivity contribution in [2.24, 2.45) is 5.92 Å². The van der Waals surface area contributed by atoms with E-state index in [1.54, 1.807) is 31.4 Å². The van der Waals surface area contributed by atoms with Crippen LogP contribution in [-0.4, -0.2) is 31.9 Å². The summed E-state index contributed by atoms with van der Waals surface area (Å²) in [6.07, 6.45) is 2.29. The van der Waals surface area contributed by atoms with E-state index >= 15 is 0 Å². The summed E-state index contributed by atoms with van der Waals surface area (Å²) in [5.41, 5.74) is 3.42. The van der Waals surface area contributed by atoms with Crippen LogP contribution in [0.1, 0.15) is 24.6 Å². The number of methoxy groups -OCH3 is 1. The molecule has 0 spiro atoms. The molecule has 148 valence electrons. The van der Waals surface area contributed by atoms with E-state index in [0.717, 1.165) is 29.4 Å². The van der Waals surface area contributed by atoms with Gasteiger partial charge < -0.3 is 9.72 Å². The summed E-state index contributed by atoms with van der Waals surface area (Å²) in [7, 11) is -1.99. The summed E-state index contributed by atoms with van der Waals surface area (Å²) in [6, 6.07) is 14.5. The van der Waals surface area contributed by atoms with Crippen molar-refractivity contribution in [1.29, 1.82) is 0 Å². The Morgan fingerprint density at radius 2 is 1.96 bits per heavy atom. The van der Waals surface area contributed by atoms with Crippen molar-refractivity contribution in [3.05, 3.63) is 64.8 Å². The summed E-state index contributed by atoms with van der Waals surface area (Å²) in [4.78, 5) is 3.84. The van der Waals surface area contributed by atoms with Crippen molar-refractivity contribution >= 4 is 32.3 Å². The first-order valence-corrected chi connectivity index (χ1v) is 11.3. The Morgan fingerprint density at radius 3 is 2.68 bits per heavy atom. The molecule has 0 saturated carbocycles. The van der Waals surface area contributed by atoms with E-state index in [4.69, 9.17) is 16.3 Å². The average Bonchev–Trinajstić information content (AvgIpc) is 3.05. The number of aromatic nitrogens is 1. The van der Waals surface area contributed by atoms with Crippen molar-refractivity contribution in [2.45, 2.75) is 35.8 Å². The topological polar surface area (TPSA) is 59.2 Å². The van der Waals surface area contributed by atoms with Gasteiger partial charge in [-0.05, 0) is 68.0 Å². The Labute approximate surface area is 170 Å². The second-order valence-corrected chi connectivity index (χ2v) is 10.6. The number of H-pyrrole nitrogens is 1. The third-order valence-corrected chi connectivity index (χ3v) is 8.92. The number of benzene rings is 2. The monoisotopic (exact) mass is 417 g/mol. The van der Waals surface area contributed by atoms with E-state index in [9.17, 15) is 8.42 Å². The number of hydrogen-bond donors (Lipinski definition) is 1. The first-order chi connectivity index (χ1) is 13.4. The van der Waals surface area contributed by atoms with Gasteiger partial charge in [0, 0.05) is 28.7 Å². The summed E-state index contributed by atoms with van der Waals surface area (Å²) in [5, 5.41) is 1.85. The van der Waals surface area contributed by atoms with Crippen molar-refractivity contribution in [2.75, 3.05) is 13.7 Å². The second-order valence-electron chi connectivity index (χ2n) is 7.77. The number of hydrogen-bond acceptors (Lipinski definition) is 3. The van der Waals surface area contributed by atoms with Gasteiger partial charge in [-0.25, -0.2) is 8.42 Å². The van der Waals surface area contributed by atoms with E-state index in [2.05, 4.69) is 4.98 Å². The van der Waals surface area contributed by atoms with Gasteiger partial charge in [0.05, 0.1) is 11.5 Å². The molecule has 2 aromatic carbocycles. The van der Waals surface area contributed by atoms with Crippen LogP contribution in [0, 0.1) is 5.92 Å². The Kier molecular flexibility index (Phi) is 5.02. The number of ether oxygens (including phenoxy) is 1. The lowest BCUT2D eigenvalue weighted by atomic mass is 9.79. The molecule has 1 aromatic heterocycles. The minimum absolute atomic E-state index is 0.0475. The molecule has 0 bridgehead atoms. The molecule has 0 saturated heterocycles. The van der Waals surface area contributed by atoms with Crippen LogP contribution >= 0.6 is 11.6 Å². The third-order valence-electron chi connectivity index (χ3n) is 6.11. The highest BCUT2D eigenvalue weighted by Crippen LogP contribution is 2.42. The first-order valence-electron chi connectivity index (χ1n) is 9.44. The van der Waals surface area contributed by atoms with E-state index in [0.29, 0.717) is 16.3 Å². The number of halogens is 1. The number of rotatable bonds is 5. The van der Waals surface area contributed by atoms with Gasteiger partial charge in [-0.3, -0.25) is 0 Å². The van der Waals surface area contributed by atoms with Crippen LogP contribution in [0.4, 0.5) is 0 Å². The Morgan fingerprint density at radius 1 is 1.21 bits per heavy atom. The van der Waals surface area contributed by atoms with E-state index in [1.807, 2.05) is 31.2 Å². The highest BCUT2D eigenvalue weighted by Gasteiger charge is 2.48. The maximum Gasteiger partial charge on any atom is 0.186 e. The molecule has 2 unspecified atom stereocenters. The smallest absolute Gasteiger partial charge is 0.186 e. The Balaban J connectivity index is 1.75. The largest absolute Gasteiger partial charge is 0.383 e. The quantitative estimate of drug-likeness (QED) is 0.648. The number of aryl methyl sites for hydroxylation is 1. The second kappa shape index (κ2) is 7.21. The molecule has 6 heteroatoms. The molecular formula is C22H24ClNO3S. The highest BCUT2D eigenvalue weighted by atomic mass is 35.5. The fourth-order valence-electron chi connectivity index (χ4n) is 4.49. The Bertz CT molecular complexity index is 1110. The fraction of sp³-hybridized carbons (Fsp3) is 0.364. The zero-order chi connectivity index (χ0) is 19.9. The predicted octanol–water partition coefficient (Wildman–Crippen LogP) is 4.81. The Hall–Kier alpha value is -1.82. The van der Waals surface area contributed by atoms with Crippen molar-refractivity contribution in [1.82, 2.24) is 4.98 Å². The van der Waals surface area contributed by atoms with Crippen LogP contribution in [0.5, 0.6) is 0 Å². The lowest BCUT2D eigenvalue weighted by molar-refractivity contribution is 0.137. The van der Waals surface area contributed by atoms with Crippen LogP contribution in [0.2, 0.25) is 5.02 Å². The zero-order valence-corrected chi connectivity index (χ0v) is 17.6. The minimum Gasteiger partial charge on any atom is -0.383 e. The molecule has 0 aliphatic heterocycles. The number of aromatic amines is 1. The van der Waals surface area contributed by atoms with Crippen LogP contribution in [0.15, 0.2) is 53.4 Å². The molecule has 2 atom stereocenters. The summed E-state index contributed by atoms with van der Waals surface area (Å²) in [6.45, 7) is 1.99. The number of nitrogens with one attached hydrogen (secondary N) is 1. The standard InChI is InChI=1S/C22H24ClNO3S/c1-22(14-27-2,28(25,26)17-6-4-3-5-7-17)15-8-10-18-19-13-16(23)9-11-20(19)24-21(18)12-15/h3-7,9,11,13,15,24H,8,10,12,14H2,1-2H3. The molecule has 1 aliphatic carbocycles. The first kappa shape index (κ1) is 19.5. The van der Waals surface area contributed by atoms with Crippen LogP contribution < -0.4 is 0 Å². The van der Waals surface area contributed by atoms with Gasteiger partial charge in [-0.15, -0.1) is 0 Å². The maximum absolute atomic E-state index is 13.6. The maximum atomic E-state index is 13.6. The van der Waals surface area contributed by atoms with Crippen LogP contribution in [-0.2, 0) is 27.4 Å². The van der Waals surface area contributed by atoms with Crippen LogP contribution in [0.3, 0.4) is 0 Å². The SMILES string of the molecule is COCC(C)(C1CCc2c([nH]c3ccc(Cl)cc23)C1)S(=O)(=O)c1ccccc1. The van der Waals surface area contributed by atoms with E-state index in [1.165, 1.54) is 5.56 Å². The number of fused-ring (bicyclic) bond motifs is 3. The summed E-state index contributed by atoms with van der Waals surface area (Å²) in [5.74, 6) is -0.0475. The predicted molar refractivity (Wildman–Crippen MR) is 113 cm³/mol. The molecule has 28 heavy (non-hydrogen) atoms. The fourth-order valence-corrected chi connectivity index (χ4v) is 6.63. The third kappa shape index (κ3) is 3.06. The van der Waals surface area contributed by atoms with Gasteiger partial charge in [0.2, 0.25) is 0 Å². The van der Waals surface area contributed by atoms with Crippen molar-refractivity contribution in [3.8, 4) is 0 Å². The van der Waals surface area contributed by atoms with Gasteiger partial charge >= 0.3 is 0 Å².